The number of pyridine rings is 1. The first-order valence-electron chi connectivity index (χ1n) is 4.53. The van der Waals surface area contributed by atoms with Gasteiger partial charge in [0.2, 0.25) is 5.91 Å². The van der Waals surface area contributed by atoms with Gasteiger partial charge in [0, 0.05) is 17.6 Å². The number of amides is 1. The average molecular weight is 223 g/mol. The lowest BCUT2D eigenvalue weighted by Gasteiger charge is -2.10. The molecule has 0 bridgehead atoms. The van der Waals surface area contributed by atoms with E-state index in [0.717, 1.165) is 5.69 Å². The number of thiocarbonyl (C=S) groups is 1. The van der Waals surface area contributed by atoms with Gasteiger partial charge in [0.05, 0.1) is 10.9 Å². The van der Waals surface area contributed by atoms with Gasteiger partial charge in [0.15, 0.2) is 0 Å². The molecule has 1 aromatic rings. The van der Waals surface area contributed by atoms with Crippen LogP contribution < -0.4 is 11.1 Å². The van der Waals surface area contributed by atoms with Crippen molar-refractivity contribution in [1.82, 2.24) is 4.98 Å². The summed E-state index contributed by atoms with van der Waals surface area (Å²) in [7, 11) is 0. The lowest BCUT2D eigenvalue weighted by Crippen LogP contribution is -2.30. The van der Waals surface area contributed by atoms with E-state index in [2.05, 4.69) is 10.3 Å². The summed E-state index contributed by atoms with van der Waals surface area (Å²) in [4.78, 5) is 15.8. The molecule has 1 rings (SSSR count). The van der Waals surface area contributed by atoms with E-state index < -0.39 is 5.92 Å². The van der Waals surface area contributed by atoms with Crippen LogP contribution in [-0.4, -0.2) is 15.9 Å². The zero-order valence-electron chi connectivity index (χ0n) is 8.65. The fraction of sp³-hybridized carbons (Fsp3) is 0.300. The number of hydrogen-bond acceptors (Lipinski definition) is 3. The summed E-state index contributed by atoms with van der Waals surface area (Å²) in [6, 6.07) is 3.50. The molecule has 0 radical (unpaired) electrons. The highest BCUT2D eigenvalue weighted by atomic mass is 32.1. The van der Waals surface area contributed by atoms with Gasteiger partial charge in [-0.25, -0.2) is 0 Å². The first-order valence-corrected chi connectivity index (χ1v) is 4.94. The highest BCUT2D eigenvalue weighted by Crippen LogP contribution is 2.09. The van der Waals surface area contributed by atoms with Gasteiger partial charge in [0.1, 0.15) is 0 Å². The topological polar surface area (TPSA) is 68.0 Å². The maximum absolute atomic E-state index is 11.6. The van der Waals surface area contributed by atoms with Crippen LogP contribution in [0.2, 0.25) is 0 Å². The third-order valence-electron chi connectivity index (χ3n) is 1.98. The second-order valence-corrected chi connectivity index (χ2v) is 3.77. The van der Waals surface area contributed by atoms with E-state index in [1.807, 2.05) is 6.92 Å². The molecule has 0 spiro atoms. The molecule has 0 fully saturated rings. The van der Waals surface area contributed by atoms with Crippen LogP contribution in [0.5, 0.6) is 0 Å². The monoisotopic (exact) mass is 223 g/mol. The van der Waals surface area contributed by atoms with E-state index in [0.29, 0.717) is 5.69 Å². The van der Waals surface area contributed by atoms with Crippen molar-refractivity contribution in [2.75, 3.05) is 5.32 Å². The largest absolute Gasteiger partial charge is 0.393 e. The molecule has 0 aromatic carbocycles. The van der Waals surface area contributed by atoms with E-state index in [9.17, 15) is 4.79 Å². The van der Waals surface area contributed by atoms with E-state index in [-0.39, 0.29) is 10.9 Å². The number of nitrogens with two attached hydrogens (primary N) is 1. The predicted octanol–water partition coefficient (Wildman–Crippen LogP) is 1.25. The van der Waals surface area contributed by atoms with Crippen molar-refractivity contribution in [3.8, 4) is 0 Å². The SMILES string of the molecule is Cc1cc(NC(=O)C(C)C(N)=S)ccn1. The Hall–Kier alpha value is -1.49. The number of hydrogen-bond donors (Lipinski definition) is 2. The van der Waals surface area contributed by atoms with Crippen molar-refractivity contribution < 1.29 is 4.79 Å². The van der Waals surface area contributed by atoms with Crippen LogP contribution in [-0.2, 0) is 4.79 Å². The predicted molar refractivity (Wildman–Crippen MR) is 63.6 cm³/mol. The Bertz CT molecular complexity index is 392. The Morgan fingerprint density at radius 3 is 2.87 bits per heavy atom. The summed E-state index contributed by atoms with van der Waals surface area (Å²) >= 11 is 4.74. The smallest absolute Gasteiger partial charge is 0.234 e. The third-order valence-corrected chi connectivity index (χ3v) is 2.34. The molecule has 0 saturated carbocycles. The number of aryl methyl sites for hydroxylation is 1. The van der Waals surface area contributed by atoms with Crippen molar-refractivity contribution in [3.05, 3.63) is 24.0 Å². The first-order chi connectivity index (χ1) is 7.00. The Labute approximate surface area is 93.9 Å². The van der Waals surface area contributed by atoms with Crippen LogP contribution in [0.1, 0.15) is 12.6 Å². The van der Waals surface area contributed by atoms with Crippen molar-refractivity contribution in [1.29, 1.82) is 0 Å². The third kappa shape index (κ3) is 3.28. The standard InChI is InChI=1S/C10H13N3OS/c1-6-5-8(3-4-12-6)13-10(14)7(2)9(11)15/h3-5,7H,1-2H3,(H2,11,15)(H,12,13,14). The first kappa shape index (κ1) is 11.6. The molecule has 1 aromatic heterocycles. The Morgan fingerprint density at radius 2 is 2.33 bits per heavy atom. The molecule has 0 aliphatic rings. The average Bonchev–Trinajstić information content (AvgIpc) is 2.16. The minimum absolute atomic E-state index is 0.193. The molecular formula is C10H13N3OS. The molecule has 5 heteroatoms. The van der Waals surface area contributed by atoms with Crippen molar-refractivity contribution in [2.24, 2.45) is 11.7 Å². The molecule has 4 nitrogen and oxygen atoms in total. The molecular weight excluding hydrogens is 210 g/mol. The van der Waals surface area contributed by atoms with Crippen LogP contribution in [0.3, 0.4) is 0 Å². The number of aromatic nitrogens is 1. The Kier molecular flexibility index (Phi) is 3.74. The second kappa shape index (κ2) is 4.84. The van der Waals surface area contributed by atoms with Crippen molar-refractivity contribution in [2.45, 2.75) is 13.8 Å². The molecule has 0 aliphatic heterocycles. The molecule has 0 aliphatic carbocycles. The quantitative estimate of drug-likeness (QED) is 0.757. The highest BCUT2D eigenvalue weighted by molar-refractivity contribution is 7.80. The van der Waals surface area contributed by atoms with Gasteiger partial charge in [-0.1, -0.05) is 12.2 Å². The van der Waals surface area contributed by atoms with E-state index >= 15 is 0 Å². The number of carbonyl (C=O) groups is 1. The van der Waals surface area contributed by atoms with Crippen LogP contribution in [0.15, 0.2) is 18.3 Å². The fourth-order valence-electron chi connectivity index (χ4n) is 1.00. The van der Waals surface area contributed by atoms with Crippen LogP contribution in [0.4, 0.5) is 5.69 Å². The minimum atomic E-state index is -0.464. The summed E-state index contributed by atoms with van der Waals surface area (Å²) in [5.74, 6) is -0.665. The normalized spacial score (nSPS) is 11.9. The second-order valence-electron chi connectivity index (χ2n) is 3.30. The van der Waals surface area contributed by atoms with Gasteiger partial charge in [-0.15, -0.1) is 0 Å². The fourth-order valence-corrected chi connectivity index (χ4v) is 1.11. The van der Waals surface area contributed by atoms with E-state index in [1.54, 1.807) is 25.3 Å². The van der Waals surface area contributed by atoms with Crippen molar-refractivity contribution in [3.63, 3.8) is 0 Å². The number of carbonyl (C=O) groups excluding carboxylic acids is 1. The van der Waals surface area contributed by atoms with Gasteiger partial charge >= 0.3 is 0 Å². The minimum Gasteiger partial charge on any atom is -0.393 e. The van der Waals surface area contributed by atoms with Gasteiger partial charge < -0.3 is 11.1 Å². The summed E-state index contributed by atoms with van der Waals surface area (Å²) in [5.41, 5.74) is 6.93. The summed E-state index contributed by atoms with van der Waals surface area (Å²) in [6.07, 6.45) is 1.64. The van der Waals surface area contributed by atoms with Gasteiger partial charge in [-0.3, -0.25) is 9.78 Å². The van der Waals surface area contributed by atoms with Crippen LogP contribution >= 0.6 is 12.2 Å². The van der Waals surface area contributed by atoms with Crippen molar-refractivity contribution >= 4 is 28.8 Å². The Morgan fingerprint density at radius 1 is 1.67 bits per heavy atom. The molecule has 1 heterocycles. The zero-order valence-corrected chi connectivity index (χ0v) is 9.47. The number of nitrogens with zero attached hydrogens (tertiary/aromatic N) is 1. The van der Waals surface area contributed by atoms with Gasteiger partial charge in [-0.2, -0.15) is 0 Å². The zero-order chi connectivity index (χ0) is 11.4. The Balaban J connectivity index is 2.70. The van der Waals surface area contributed by atoms with E-state index in [4.69, 9.17) is 18.0 Å². The maximum Gasteiger partial charge on any atom is 0.234 e. The van der Waals surface area contributed by atoms with Crippen LogP contribution in [0.25, 0.3) is 0 Å². The molecule has 1 atom stereocenters. The number of rotatable bonds is 3. The lowest BCUT2D eigenvalue weighted by molar-refractivity contribution is -0.117. The summed E-state index contributed by atoms with van der Waals surface area (Å²) in [5, 5.41) is 2.72. The number of anilines is 1. The van der Waals surface area contributed by atoms with E-state index in [1.165, 1.54) is 0 Å². The maximum atomic E-state index is 11.6. The molecule has 1 unspecified atom stereocenters. The van der Waals surface area contributed by atoms with Crippen LogP contribution in [0, 0.1) is 12.8 Å². The van der Waals surface area contributed by atoms with Gasteiger partial charge in [-0.05, 0) is 26.0 Å². The summed E-state index contributed by atoms with van der Waals surface area (Å²) in [6.45, 7) is 3.53. The highest BCUT2D eigenvalue weighted by Gasteiger charge is 2.15. The molecule has 3 N–H and O–H groups in total. The van der Waals surface area contributed by atoms with Gasteiger partial charge in [0.25, 0.3) is 0 Å². The molecule has 80 valence electrons. The number of nitrogens with one attached hydrogen (secondary N) is 1. The lowest BCUT2D eigenvalue weighted by atomic mass is 10.1. The molecule has 15 heavy (non-hydrogen) atoms. The molecule has 1 amide bonds. The summed E-state index contributed by atoms with van der Waals surface area (Å²) < 4.78 is 0. The molecule has 0 saturated heterocycles.